The van der Waals surface area contributed by atoms with Crippen LogP contribution in [-0.4, -0.2) is 36.4 Å². The number of esters is 1. The molecule has 0 amide bonds. The van der Waals surface area contributed by atoms with Crippen molar-refractivity contribution in [1.82, 2.24) is 0 Å². The van der Waals surface area contributed by atoms with Crippen molar-refractivity contribution < 1.29 is 32.6 Å². The van der Waals surface area contributed by atoms with Crippen molar-refractivity contribution in [3.8, 4) is 0 Å². The first-order valence-corrected chi connectivity index (χ1v) is 3.80. The van der Waals surface area contributed by atoms with E-state index in [2.05, 4.69) is 4.74 Å². The van der Waals surface area contributed by atoms with Gasteiger partial charge in [-0.3, -0.25) is 4.79 Å². The number of hydrogen-bond donors (Lipinski definition) is 2. The molecule has 0 aromatic rings. The van der Waals surface area contributed by atoms with Gasteiger partial charge in [0.1, 0.15) is 6.04 Å². The molecule has 0 heterocycles. The van der Waals surface area contributed by atoms with Crippen molar-refractivity contribution in [2.45, 2.75) is 25.6 Å². The monoisotopic (exact) mass is 231 g/mol. The zero-order chi connectivity index (χ0) is 12.6. The van der Waals surface area contributed by atoms with Gasteiger partial charge in [-0.25, -0.2) is 4.79 Å². The molecule has 0 bridgehead atoms. The quantitative estimate of drug-likeness (QED) is 0.676. The van der Waals surface area contributed by atoms with Gasteiger partial charge >= 0.3 is 18.1 Å². The Morgan fingerprint density at radius 2 is 1.80 bits per heavy atom. The van der Waals surface area contributed by atoms with Crippen LogP contribution in [0.1, 0.15) is 13.3 Å². The normalized spacial score (nSPS) is 12.1. The predicted molar refractivity (Wildman–Crippen MR) is 44.0 cm³/mol. The second-order valence-corrected chi connectivity index (χ2v) is 2.34. The zero-order valence-corrected chi connectivity index (χ0v) is 8.17. The number of carboxylic acid groups (broad SMARTS) is 1. The molecule has 0 aliphatic heterocycles. The van der Waals surface area contributed by atoms with Crippen molar-refractivity contribution in [1.29, 1.82) is 0 Å². The van der Waals surface area contributed by atoms with E-state index in [1.165, 1.54) is 7.11 Å². The minimum absolute atomic E-state index is 0.340. The van der Waals surface area contributed by atoms with Gasteiger partial charge < -0.3 is 15.6 Å². The third kappa shape index (κ3) is 9.01. The molecule has 3 N–H and O–H groups in total. The summed E-state index contributed by atoms with van der Waals surface area (Å²) in [5.41, 5.74) is 5.25. The number of nitrogens with two attached hydrogens (primary N) is 1. The lowest BCUT2D eigenvalue weighted by Crippen LogP contribution is -2.30. The highest BCUT2D eigenvalue weighted by atomic mass is 19.4. The second-order valence-electron chi connectivity index (χ2n) is 2.34. The molecule has 0 saturated carbocycles. The van der Waals surface area contributed by atoms with Crippen LogP contribution >= 0.6 is 0 Å². The summed E-state index contributed by atoms with van der Waals surface area (Å²) in [4.78, 5) is 19.3. The number of ether oxygens (including phenoxy) is 1. The van der Waals surface area contributed by atoms with E-state index >= 15 is 0 Å². The Morgan fingerprint density at radius 3 is 1.87 bits per heavy atom. The van der Waals surface area contributed by atoms with E-state index in [0.29, 0.717) is 6.42 Å². The van der Waals surface area contributed by atoms with Crippen LogP contribution in [0.2, 0.25) is 0 Å². The molecular formula is C7H12F3NO4. The lowest BCUT2D eigenvalue weighted by molar-refractivity contribution is -0.192. The summed E-state index contributed by atoms with van der Waals surface area (Å²) in [5, 5.41) is 7.12. The standard InChI is InChI=1S/C5H11NO2.C2HF3O2/c1-3-4(6)5(7)8-2;3-2(4,5)1(6)7/h4H,3,6H2,1-2H3;(H,6,7). The highest BCUT2D eigenvalue weighted by Gasteiger charge is 2.38. The average molecular weight is 231 g/mol. The molecule has 0 rings (SSSR count). The van der Waals surface area contributed by atoms with Gasteiger partial charge in [-0.05, 0) is 6.42 Å². The SMILES string of the molecule is CCC(N)C(=O)OC.O=C(O)C(F)(F)F. The number of methoxy groups -OCH3 is 1. The van der Waals surface area contributed by atoms with Crippen LogP contribution in [-0.2, 0) is 14.3 Å². The Balaban J connectivity index is 0. The Hall–Kier alpha value is -1.31. The maximum absolute atomic E-state index is 10.6. The molecule has 0 radical (unpaired) electrons. The smallest absolute Gasteiger partial charge is 0.475 e. The fourth-order valence-electron chi connectivity index (χ4n) is 0.318. The number of hydrogen-bond acceptors (Lipinski definition) is 4. The Bertz CT molecular complexity index is 217. The van der Waals surface area contributed by atoms with Crippen LogP contribution in [0.15, 0.2) is 0 Å². The summed E-state index contributed by atoms with van der Waals surface area (Å²) in [6, 6.07) is -0.444. The highest BCUT2D eigenvalue weighted by molar-refractivity contribution is 5.75. The number of carboxylic acids is 1. The molecular weight excluding hydrogens is 219 g/mol. The highest BCUT2D eigenvalue weighted by Crippen LogP contribution is 2.13. The summed E-state index contributed by atoms with van der Waals surface area (Å²) < 4.78 is 36.1. The molecule has 8 heteroatoms. The minimum atomic E-state index is -5.08. The summed E-state index contributed by atoms with van der Waals surface area (Å²) in [5.74, 6) is -3.10. The number of aliphatic carboxylic acids is 1. The number of carbonyl (C=O) groups is 2. The summed E-state index contributed by atoms with van der Waals surface area (Å²) in [6.45, 7) is 1.83. The molecule has 0 aliphatic carbocycles. The molecule has 5 nitrogen and oxygen atoms in total. The van der Waals surface area contributed by atoms with Crippen molar-refractivity contribution >= 4 is 11.9 Å². The van der Waals surface area contributed by atoms with Gasteiger partial charge in [0.05, 0.1) is 7.11 Å². The molecule has 0 aromatic heterocycles. The van der Waals surface area contributed by atoms with Gasteiger partial charge in [-0.2, -0.15) is 13.2 Å². The van der Waals surface area contributed by atoms with Crippen LogP contribution in [0, 0.1) is 0 Å². The van der Waals surface area contributed by atoms with Crippen LogP contribution in [0.5, 0.6) is 0 Å². The molecule has 1 unspecified atom stereocenters. The van der Waals surface area contributed by atoms with Gasteiger partial charge in [0.15, 0.2) is 0 Å². The van der Waals surface area contributed by atoms with E-state index in [1.807, 2.05) is 6.92 Å². The van der Waals surface area contributed by atoms with Gasteiger partial charge in [-0.15, -0.1) is 0 Å². The maximum atomic E-state index is 10.6. The topological polar surface area (TPSA) is 89.6 Å². The lowest BCUT2D eigenvalue weighted by atomic mass is 10.2. The summed E-state index contributed by atoms with van der Waals surface area (Å²) in [7, 11) is 1.33. The molecule has 0 fully saturated rings. The summed E-state index contributed by atoms with van der Waals surface area (Å²) >= 11 is 0. The predicted octanol–water partition coefficient (Wildman–Crippen LogP) is 0.530. The van der Waals surface area contributed by atoms with E-state index < -0.39 is 18.2 Å². The number of rotatable bonds is 2. The summed E-state index contributed by atoms with van der Waals surface area (Å²) in [6.07, 6.45) is -4.45. The lowest BCUT2D eigenvalue weighted by Gasteiger charge is -2.03. The van der Waals surface area contributed by atoms with Crippen LogP contribution in [0.25, 0.3) is 0 Å². The first-order chi connectivity index (χ1) is 6.66. The van der Waals surface area contributed by atoms with E-state index in [4.69, 9.17) is 15.6 Å². The fourth-order valence-corrected chi connectivity index (χ4v) is 0.318. The zero-order valence-electron chi connectivity index (χ0n) is 8.17. The Labute approximate surface area is 84.0 Å². The molecule has 0 spiro atoms. The molecule has 15 heavy (non-hydrogen) atoms. The number of alkyl halides is 3. The van der Waals surface area contributed by atoms with Gasteiger partial charge in [0.2, 0.25) is 0 Å². The largest absolute Gasteiger partial charge is 0.490 e. The average Bonchev–Trinajstić information content (AvgIpc) is 2.14. The third-order valence-electron chi connectivity index (χ3n) is 1.19. The fraction of sp³-hybridized carbons (Fsp3) is 0.714. The molecule has 0 aliphatic rings. The molecule has 0 saturated heterocycles. The molecule has 1 atom stereocenters. The Kier molecular flexibility index (Phi) is 7.58. The second kappa shape index (κ2) is 7.04. The number of carbonyl (C=O) groups excluding carboxylic acids is 1. The van der Waals surface area contributed by atoms with Gasteiger partial charge in [0.25, 0.3) is 0 Å². The van der Waals surface area contributed by atoms with Crippen molar-refractivity contribution in [3.05, 3.63) is 0 Å². The van der Waals surface area contributed by atoms with Gasteiger partial charge in [0, 0.05) is 0 Å². The molecule has 0 aromatic carbocycles. The van der Waals surface area contributed by atoms with E-state index in [0.717, 1.165) is 0 Å². The van der Waals surface area contributed by atoms with E-state index in [1.54, 1.807) is 0 Å². The van der Waals surface area contributed by atoms with Crippen molar-refractivity contribution in [3.63, 3.8) is 0 Å². The van der Waals surface area contributed by atoms with Crippen LogP contribution in [0.3, 0.4) is 0 Å². The number of halogens is 3. The van der Waals surface area contributed by atoms with Crippen LogP contribution in [0.4, 0.5) is 13.2 Å². The van der Waals surface area contributed by atoms with Crippen molar-refractivity contribution in [2.75, 3.05) is 7.11 Å². The third-order valence-corrected chi connectivity index (χ3v) is 1.19. The molecule has 90 valence electrons. The Morgan fingerprint density at radius 1 is 1.47 bits per heavy atom. The van der Waals surface area contributed by atoms with Gasteiger partial charge in [-0.1, -0.05) is 6.92 Å². The minimum Gasteiger partial charge on any atom is -0.475 e. The van der Waals surface area contributed by atoms with Crippen LogP contribution < -0.4 is 5.73 Å². The maximum Gasteiger partial charge on any atom is 0.490 e. The first kappa shape index (κ1) is 16.1. The van der Waals surface area contributed by atoms with E-state index in [-0.39, 0.29) is 5.97 Å². The van der Waals surface area contributed by atoms with E-state index in [9.17, 15) is 18.0 Å². The first-order valence-electron chi connectivity index (χ1n) is 3.80. The van der Waals surface area contributed by atoms with Crippen molar-refractivity contribution in [2.24, 2.45) is 5.73 Å².